The molecule has 0 aromatic carbocycles. The second kappa shape index (κ2) is 3.56. The van der Waals surface area contributed by atoms with E-state index in [1.165, 1.54) is 12.8 Å². The van der Waals surface area contributed by atoms with Gasteiger partial charge in [0.2, 0.25) is 0 Å². The lowest BCUT2D eigenvalue weighted by atomic mass is 10.2. The van der Waals surface area contributed by atoms with Crippen molar-refractivity contribution in [3.8, 4) is 0 Å². The molecule has 1 aliphatic rings. The van der Waals surface area contributed by atoms with Gasteiger partial charge in [-0.15, -0.1) is 0 Å². The molecule has 3 heteroatoms. The first-order valence-electron chi connectivity index (χ1n) is 4.57. The second-order valence-electron chi connectivity index (χ2n) is 3.23. The summed E-state index contributed by atoms with van der Waals surface area (Å²) in [5, 5.41) is 0. The van der Waals surface area contributed by atoms with Crippen LogP contribution in [0.3, 0.4) is 0 Å². The summed E-state index contributed by atoms with van der Waals surface area (Å²) in [7, 11) is 0. The fourth-order valence-electron chi connectivity index (χ4n) is 1.69. The Morgan fingerprint density at radius 1 is 1.38 bits per heavy atom. The van der Waals surface area contributed by atoms with Gasteiger partial charge in [-0.1, -0.05) is 0 Å². The smallest absolute Gasteiger partial charge is 0.153 e. The number of rotatable bonds is 2. The molecule has 1 fully saturated rings. The summed E-state index contributed by atoms with van der Waals surface area (Å²) in [5.41, 5.74) is 0.699. The number of aromatic nitrogens is 1. The van der Waals surface area contributed by atoms with E-state index >= 15 is 0 Å². The standard InChI is InChI=1S/C10H12N2O/c13-8-9-4-3-5-11-10(9)12-6-1-2-7-12/h3-5,8H,1-2,6-7H2. The molecule has 68 valence electrons. The van der Waals surface area contributed by atoms with E-state index in [0.717, 1.165) is 25.2 Å². The third-order valence-corrected chi connectivity index (χ3v) is 2.35. The van der Waals surface area contributed by atoms with Crippen molar-refractivity contribution in [2.75, 3.05) is 18.0 Å². The summed E-state index contributed by atoms with van der Waals surface area (Å²) in [6, 6.07) is 3.61. The highest BCUT2D eigenvalue weighted by Crippen LogP contribution is 2.20. The second-order valence-corrected chi connectivity index (χ2v) is 3.23. The minimum absolute atomic E-state index is 0.699. The maximum Gasteiger partial charge on any atom is 0.153 e. The molecule has 0 atom stereocenters. The van der Waals surface area contributed by atoms with Gasteiger partial charge in [-0.25, -0.2) is 4.98 Å². The number of hydrogen-bond donors (Lipinski definition) is 0. The van der Waals surface area contributed by atoms with Crippen LogP contribution in [-0.4, -0.2) is 24.4 Å². The van der Waals surface area contributed by atoms with Gasteiger partial charge in [-0.2, -0.15) is 0 Å². The molecule has 3 nitrogen and oxygen atoms in total. The normalized spacial score (nSPS) is 16.2. The molecule has 1 aromatic rings. The van der Waals surface area contributed by atoms with Crippen molar-refractivity contribution in [1.29, 1.82) is 0 Å². The minimum Gasteiger partial charge on any atom is -0.356 e. The largest absolute Gasteiger partial charge is 0.356 e. The van der Waals surface area contributed by atoms with Crippen LogP contribution in [-0.2, 0) is 0 Å². The van der Waals surface area contributed by atoms with Crippen molar-refractivity contribution >= 4 is 12.1 Å². The predicted octanol–water partition coefficient (Wildman–Crippen LogP) is 1.49. The zero-order valence-electron chi connectivity index (χ0n) is 7.44. The highest BCUT2D eigenvalue weighted by atomic mass is 16.1. The van der Waals surface area contributed by atoms with Crippen LogP contribution < -0.4 is 4.90 Å². The molecule has 0 bridgehead atoms. The van der Waals surface area contributed by atoms with Crippen LogP contribution in [0.4, 0.5) is 5.82 Å². The molecule has 0 spiro atoms. The quantitative estimate of drug-likeness (QED) is 0.640. The molecule has 0 saturated carbocycles. The molecule has 1 saturated heterocycles. The first kappa shape index (κ1) is 8.23. The summed E-state index contributed by atoms with van der Waals surface area (Å²) in [5.74, 6) is 0.843. The molecule has 0 radical (unpaired) electrons. The first-order chi connectivity index (χ1) is 6.42. The minimum atomic E-state index is 0.699. The van der Waals surface area contributed by atoms with E-state index in [4.69, 9.17) is 0 Å². The van der Waals surface area contributed by atoms with Crippen molar-refractivity contribution in [3.63, 3.8) is 0 Å². The third kappa shape index (κ3) is 1.54. The number of nitrogens with zero attached hydrogens (tertiary/aromatic N) is 2. The van der Waals surface area contributed by atoms with Gasteiger partial charge in [-0.05, 0) is 25.0 Å². The van der Waals surface area contributed by atoms with E-state index in [0.29, 0.717) is 5.56 Å². The molecule has 1 aliphatic heterocycles. The molecule has 2 rings (SSSR count). The van der Waals surface area contributed by atoms with Crippen LogP contribution in [0, 0.1) is 0 Å². The molecule has 1 aromatic heterocycles. The number of hydrogen-bond acceptors (Lipinski definition) is 3. The Bertz CT molecular complexity index is 306. The van der Waals surface area contributed by atoms with E-state index < -0.39 is 0 Å². The monoisotopic (exact) mass is 176 g/mol. The van der Waals surface area contributed by atoms with Crippen molar-refractivity contribution in [2.24, 2.45) is 0 Å². The van der Waals surface area contributed by atoms with Gasteiger partial charge in [0, 0.05) is 19.3 Å². The molecule has 13 heavy (non-hydrogen) atoms. The Morgan fingerprint density at radius 3 is 2.85 bits per heavy atom. The summed E-state index contributed by atoms with van der Waals surface area (Å²) in [6.45, 7) is 2.05. The lowest BCUT2D eigenvalue weighted by Gasteiger charge is -2.17. The van der Waals surface area contributed by atoms with Crippen LogP contribution >= 0.6 is 0 Å². The van der Waals surface area contributed by atoms with Crippen LogP contribution in [0.25, 0.3) is 0 Å². The van der Waals surface area contributed by atoms with E-state index in [9.17, 15) is 4.79 Å². The first-order valence-corrected chi connectivity index (χ1v) is 4.57. The highest BCUT2D eigenvalue weighted by Gasteiger charge is 2.15. The predicted molar refractivity (Wildman–Crippen MR) is 51.1 cm³/mol. The molecule has 2 heterocycles. The summed E-state index contributed by atoms with van der Waals surface area (Å²) >= 11 is 0. The molecular formula is C10H12N2O. The van der Waals surface area contributed by atoms with Gasteiger partial charge < -0.3 is 4.90 Å². The zero-order valence-corrected chi connectivity index (χ0v) is 7.44. The van der Waals surface area contributed by atoms with Crippen molar-refractivity contribution in [1.82, 2.24) is 4.98 Å². The number of anilines is 1. The van der Waals surface area contributed by atoms with Crippen LogP contribution in [0.5, 0.6) is 0 Å². The third-order valence-electron chi connectivity index (χ3n) is 2.35. The topological polar surface area (TPSA) is 33.2 Å². The van der Waals surface area contributed by atoms with Gasteiger partial charge in [0.1, 0.15) is 5.82 Å². The van der Waals surface area contributed by atoms with Crippen LogP contribution in [0.15, 0.2) is 18.3 Å². The van der Waals surface area contributed by atoms with Crippen LogP contribution in [0.1, 0.15) is 23.2 Å². The lowest BCUT2D eigenvalue weighted by molar-refractivity contribution is 0.112. The van der Waals surface area contributed by atoms with Gasteiger partial charge in [0.05, 0.1) is 5.56 Å². The SMILES string of the molecule is O=Cc1cccnc1N1CCCC1. The molecule has 0 unspecified atom stereocenters. The van der Waals surface area contributed by atoms with E-state index in [1.54, 1.807) is 12.3 Å². The van der Waals surface area contributed by atoms with Gasteiger partial charge in [0.25, 0.3) is 0 Å². The van der Waals surface area contributed by atoms with E-state index in [-0.39, 0.29) is 0 Å². The van der Waals surface area contributed by atoms with Gasteiger partial charge in [-0.3, -0.25) is 4.79 Å². The molecular weight excluding hydrogens is 164 g/mol. The Morgan fingerprint density at radius 2 is 2.15 bits per heavy atom. The van der Waals surface area contributed by atoms with Crippen molar-refractivity contribution in [2.45, 2.75) is 12.8 Å². The Hall–Kier alpha value is -1.38. The van der Waals surface area contributed by atoms with Gasteiger partial charge >= 0.3 is 0 Å². The molecule has 0 amide bonds. The highest BCUT2D eigenvalue weighted by molar-refractivity contribution is 5.82. The number of carbonyl (C=O) groups is 1. The summed E-state index contributed by atoms with van der Waals surface area (Å²) in [6.07, 6.45) is 5.02. The maximum absolute atomic E-state index is 10.7. The summed E-state index contributed by atoms with van der Waals surface area (Å²) in [4.78, 5) is 17.1. The fourth-order valence-corrected chi connectivity index (χ4v) is 1.69. The molecule has 0 N–H and O–H groups in total. The Kier molecular flexibility index (Phi) is 2.25. The molecule has 0 aliphatic carbocycles. The lowest BCUT2D eigenvalue weighted by Crippen LogP contribution is -2.20. The number of carbonyl (C=O) groups excluding carboxylic acids is 1. The van der Waals surface area contributed by atoms with Gasteiger partial charge in [0.15, 0.2) is 6.29 Å². The fraction of sp³-hybridized carbons (Fsp3) is 0.400. The zero-order chi connectivity index (χ0) is 9.10. The maximum atomic E-state index is 10.7. The summed E-state index contributed by atoms with van der Waals surface area (Å²) < 4.78 is 0. The van der Waals surface area contributed by atoms with E-state index in [1.807, 2.05) is 6.07 Å². The van der Waals surface area contributed by atoms with Crippen molar-refractivity contribution in [3.05, 3.63) is 23.9 Å². The van der Waals surface area contributed by atoms with E-state index in [2.05, 4.69) is 9.88 Å². The Labute approximate surface area is 77.4 Å². The average Bonchev–Trinajstić information content (AvgIpc) is 2.70. The average molecular weight is 176 g/mol. The van der Waals surface area contributed by atoms with Crippen LogP contribution in [0.2, 0.25) is 0 Å². The Balaban J connectivity index is 2.31. The number of pyridine rings is 1. The van der Waals surface area contributed by atoms with Crippen molar-refractivity contribution < 1.29 is 4.79 Å². The number of aldehydes is 1.